The second-order valence-electron chi connectivity index (χ2n) is 1.42. The Morgan fingerprint density at radius 3 is 1.33 bits per heavy atom. The van der Waals surface area contributed by atoms with Crippen molar-refractivity contribution in [2.75, 3.05) is 20.4 Å². The molecule has 0 rings (SSSR count). The summed E-state index contributed by atoms with van der Waals surface area (Å²) < 4.78 is 12.8. The summed E-state index contributed by atoms with van der Waals surface area (Å²) in [4.78, 5) is 0. The van der Waals surface area contributed by atoms with Gasteiger partial charge in [0.15, 0.2) is 20.4 Å². The minimum atomic E-state index is -2.10. The predicted octanol–water partition coefficient (Wildman–Crippen LogP) is -3.37. The Morgan fingerprint density at radius 1 is 0.917 bits per heavy atom. The first kappa shape index (κ1) is 14.2. The third-order valence-corrected chi connectivity index (χ3v) is 0.797. The quantitative estimate of drug-likeness (QED) is 0.317. The van der Waals surface area contributed by atoms with E-state index < -0.39 is 26.5 Å². The molecule has 0 spiro atoms. The molecule has 8 heteroatoms. The molecule has 0 heterocycles. The van der Waals surface area contributed by atoms with Gasteiger partial charge in [-0.05, 0) is 0 Å². The van der Waals surface area contributed by atoms with Crippen molar-refractivity contribution in [2.45, 2.75) is 6.10 Å². The fourth-order valence-corrected chi connectivity index (χ4v) is 0.395. The van der Waals surface area contributed by atoms with Gasteiger partial charge in [0.05, 0.1) is 0 Å². The van der Waals surface area contributed by atoms with Crippen molar-refractivity contribution in [3.63, 3.8) is 0 Å². The van der Waals surface area contributed by atoms with Gasteiger partial charge >= 0.3 is 6.10 Å². The molecule has 0 radical (unpaired) electrons. The summed E-state index contributed by atoms with van der Waals surface area (Å²) in [6, 6.07) is 0. The van der Waals surface area contributed by atoms with Crippen LogP contribution in [-0.4, -0.2) is 47.3 Å². The molecule has 8 nitrogen and oxygen atoms in total. The number of rotatable bonds is 6. The van der Waals surface area contributed by atoms with Crippen molar-refractivity contribution in [1.29, 1.82) is 0 Å². The lowest BCUT2D eigenvalue weighted by atomic mass is 10.9. The van der Waals surface area contributed by atoms with Gasteiger partial charge in [-0.15, -0.1) is 0 Å². The van der Waals surface area contributed by atoms with E-state index in [1.54, 1.807) is 0 Å². The molecule has 0 saturated carbocycles. The van der Waals surface area contributed by atoms with Crippen LogP contribution in [0.2, 0.25) is 0 Å². The van der Waals surface area contributed by atoms with Crippen molar-refractivity contribution < 1.29 is 35.0 Å². The maximum absolute atomic E-state index is 8.23. The lowest BCUT2D eigenvalue weighted by Gasteiger charge is -2.25. The van der Waals surface area contributed by atoms with Gasteiger partial charge in [-0.2, -0.15) is 0 Å². The van der Waals surface area contributed by atoms with E-state index in [-0.39, 0.29) is 5.48 Å². The van der Waals surface area contributed by atoms with Crippen molar-refractivity contribution in [2.24, 2.45) is 5.73 Å². The van der Waals surface area contributed by atoms with Crippen LogP contribution in [0.4, 0.5) is 0 Å². The molecule has 76 valence electrons. The molecular formula is C4H13NO7. The Morgan fingerprint density at radius 2 is 1.17 bits per heavy atom. The fraction of sp³-hybridized carbons (Fsp3) is 1.00. The first-order chi connectivity index (χ1) is 5.18. The highest BCUT2D eigenvalue weighted by molar-refractivity contribution is 4.38. The molecule has 0 atom stereocenters. The molecule has 0 saturated heterocycles. The monoisotopic (exact) mass is 187 g/mol. The van der Waals surface area contributed by atoms with Crippen LogP contribution in [0.1, 0.15) is 0 Å². The van der Waals surface area contributed by atoms with Crippen LogP contribution in [0.15, 0.2) is 0 Å². The molecule has 0 aromatic carbocycles. The van der Waals surface area contributed by atoms with Crippen LogP contribution in [0.5, 0.6) is 0 Å². The normalized spacial score (nSPS) is 11.0. The van der Waals surface area contributed by atoms with Crippen molar-refractivity contribution >= 4 is 0 Å². The third-order valence-electron chi connectivity index (χ3n) is 0.797. The summed E-state index contributed by atoms with van der Waals surface area (Å²) in [7, 11) is 0. The van der Waals surface area contributed by atoms with Crippen LogP contribution in [0.3, 0.4) is 0 Å². The van der Waals surface area contributed by atoms with Crippen molar-refractivity contribution in [1.82, 2.24) is 0 Å². The van der Waals surface area contributed by atoms with Crippen LogP contribution in [-0.2, 0) is 14.2 Å². The lowest BCUT2D eigenvalue weighted by molar-refractivity contribution is -0.416. The second-order valence-corrected chi connectivity index (χ2v) is 1.42. The molecule has 0 bridgehead atoms. The first-order valence-electron chi connectivity index (χ1n) is 2.72. The molecule has 0 amide bonds. The van der Waals surface area contributed by atoms with E-state index in [1.165, 1.54) is 0 Å². The highest BCUT2D eigenvalue weighted by atomic mass is 16.9. The molecule has 0 aromatic rings. The fourth-order valence-electron chi connectivity index (χ4n) is 0.395. The predicted molar refractivity (Wildman–Crippen MR) is 35.0 cm³/mol. The second kappa shape index (κ2) is 7.34. The average molecular weight is 187 g/mol. The third kappa shape index (κ3) is 5.35. The van der Waals surface area contributed by atoms with E-state index >= 15 is 0 Å². The molecule has 0 aromatic heterocycles. The molecule has 7 N–H and O–H groups in total. The van der Waals surface area contributed by atoms with Gasteiger partial charge < -0.3 is 20.8 Å². The minimum absolute atomic E-state index is 0. The molecule has 0 fully saturated rings. The van der Waals surface area contributed by atoms with Crippen molar-refractivity contribution in [3.8, 4) is 0 Å². The lowest BCUT2D eigenvalue weighted by Crippen LogP contribution is -2.49. The molecular weight excluding hydrogens is 174 g/mol. The van der Waals surface area contributed by atoms with E-state index in [0.29, 0.717) is 0 Å². The van der Waals surface area contributed by atoms with Gasteiger partial charge in [0, 0.05) is 0 Å². The highest BCUT2D eigenvalue weighted by Gasteiger charge is 2.27. The largest absolute Gasteiger partial charge is 0.412 e. The van der Waals surface area contributed by atoms with E-state index in [0.717, 1.165) is 0 Å². The zero-order valence-electron chi connectivity index (χ0n) is 6.27. The molecule has 0 aliphatic heterocycles. The number of hydrogen-bond donors (Lipinski definition) is 4. The number of aliphatic hydroxyl groups excluding tert-OH is 3. The molecule has 12 heavy (non-hydrogen) atoms. The average Bonchev–Trinajstić information content (AvgIpc) is 1.88. The van der Waals surface area contributed by atoms with Crippen LogP contribution in [0.25, 0.3) is 0 Å². The summed E-state index contributed by atoms with van der Waals surface area (Å²) in [6.45, 7) is -2.26. The Kier molecular flexibility index (Phi) is 8.69. The summed E-state index contributed by atoms with van der Waals surface area (Å²) in [5, 5.41) is 24.7. The summed E-state index contributed by atoms with van der Waals surface area (Å²) >= 11 is 0. The summed E-state index contributed by atoms with van der Waals surface area (Å²) in [5.74, 6) is 0. The van der Waals surface area contributed by atoms with Gasteiger partial charge in [0.25, 0.3) is 0 Å². The topological polar surface area (TPSA) is 146 Å². The van der Waals surface area contributed by atoms with Gasteiger partial charge in [0.2, 0.25) is 0 Å². The minimum Gasteiger partial charge on any atom is -0.412 e. The smallest absolute Gasteiger partial charge is 0.354 e. The Hall–Kier alpha value is -0.320. The van der Waals surface area contributed by atoms with E-state index in [4.69, 9.17) is 21.1 Å². The van der Waals surface area contributed by atoms with Crippen LogP contribution >= 0.6 is 0 Å². The standard InChI is InChI=1S/C4H11NO6.H2O/c5-4(9-1-6,10-2-7)11-3-8;/h6-8H,1-3,5H2;1H2. The van der Waals surface area contributed by atoms with E-state index in [2.05, 4.69) is 14.2 Å². The number of nitrogens with two attached hydrogens (primary N) is 1. The van der Waals surface area contributed by atoms with Crippen molar-refractivity contribution in [3.05, 3.63) is 0 Å². The van der Waals surface area contributed by atoms with Crippen LogP contribution in [0, 0.1) is 0 Å². The van der Waals surface area contributed by atoms with Crippen LogP contribution < -0.4 is 5.73 Å². The molecule has 0 aliphatic carbocycles. The SMILES string of the molecule is NC(OCO)(OCO)OCO.O. The van der Waals surface area contributed by atoms with Gasteiger partial charge in [0.1, 0.15) is 0 Å². The van der Waals surface area contributed by atoms with Gasteiger partial charge in [-0.25, -0.2) is 0 Å². The number of hydrogen-bond acceptors (Lipinski definition) is 7. The first-order valence-corrected chi connectivity index (χ1v) is 2.72. The maximum Gasteiger partial charge on any atom is 0.354 e. The Balaban J connectivity index is 0. The Labute approximate surface area is 68.4 Å². The summed E-state index contributed by atoms with van der Waals surface area (Å²) in [5.41, 5.74) is 5.08. The van der Waals surface area contributed by atoms with E-state index in [9.17, 15) is 0 Å². The maximum atomic E-state index is 8.23. The number of aliphatic hydroxyl groups is 3. The number of ether oxygens (including phenoxy) is 3. The Bertz CT molecular complexity index is 82.4. The highest BCUT2D eigenvalue weighted by Crippen LogP contribution is 2.05. The zero-order chi connectivity index (χ0) is 8.74. The molecule has 0 unspecified atom stereocenters. The van der Waals surface area contributed by atoms with E-state index in [1.807, 2.05) is 0 Å². The van der Waals surface area contributed by atoms with Gasteiger partial charge in [-0.3, -0.25) is 19.9 Å². The van der Waals surface area contributed by atoms with Gasteiger partial charge in [-0.1, -0.05) is 0 Å². The zero-order valence-corrected chi connectivity index (χ0v) is 6.27. The summed E-state index contributed by atoms with van der Waals surface area (Å²) in [6.07, 6.45) is -2.10. The molecule has 0 aliphatic rings.